The second kappa shape index (κ2) is 8.16. The van der Waals surface area contributed by atoms with Gasteiger partial charge in [-0.1, -0.05) is 24.3 Å². The number of carbonyl (C=O) groups excluding carboxylic acids is 1. The Morgan fingerprint density at radius 1 is 1.04 bits per heavy atom. The number of rotatable bonds is 5. The van der Waals surface area contributed by atoms with E-state index in [9.17, 15) is 22.4 Å². The van der Waals surface area contributed by atoms with Crippen LogP contribution in [-0.4, -0.2) is 22.4 Å². The largest absolute Gasteiger partial charge is 0.434 e. The molecule has 0 spiro atoms. The predicted molar refractivity (Wildman–Crippen MR) is 94.9 cm³/mol. The van der Waals surface area contributed by atoms with Crippen molar-refractivity contribution in [3.05, 3.63) is 83.7 Å². The molecule has 2 aromatic heterocycles. The van der Waals surface area contributed by atoms with Gasteiger partial charge in [-0.3, -0.25) is 14.8 Å². The molecule has 0 aliphatic heterocycles. The highest BCUT2D eigenvalue weighted by molar-refractivity contribution is 5.95. The van der Waals surface area contributed by atoms with Crippen molar-refractivity contribution in [2.24, 2.45) is 0 Å². The van der Waals surface area contributed by atoms with Crippen molar-refractivity contribution in [1.82, 2.24) is 15.3 Å². The maximum atomic E-state index is 13.2. The molecule has 0 unspecified atom stereocenters. The fraction of sp³-hybridized carbons (Fsp3) is 0.150. The van der Waals surface area contributed by atoms with Crippen LogP contribution in [0.3, 0.4) is 0 Å². The van der Waals surface area contributed by atoms with E-state index >= 15 is 0 Å². The highest BCUT2D eigenvalue weighted by Crippen LogP contribution is 2.29. The van der Waals surface area contributed by atoms with Crippen molar-refractivity contribution in [2.45, 2.75) is 12.6 Å². The Morgan fingerprint density at radius 2 is 1.79 bits per heavy atom. The second-order valence-electron chi connectivity index (χ2n) is 5.99. The molecule has 0 aliphatic rings. The zero-order chi connectivity index (χ0) is 20.1. The minimum absolute atomic E-state index is 0.159. The van der Waals surface area contributed by atoms with Gasteiger partial charge in [-0.15, -0.1) is 0 Å². The van der Waals surface area contributed by atoms with E-state index in [1.54, 1.807) is 30.5 Å². The van der Waals surface area contributed by atoms with Crippen LogP contribution in [-0.2, 0) is 12.6 Å². The average molecular weight is 389 g/mol. The number of nitrogens with zero attached hydrogens (tertiary/aromatic N) is 2. The van der Waals surface area contributed by atoms with Gasteiger partial charge in [0.1, 0.15) is 5.82 Å². The summed E-state index contributed by atoms with van der Waals surface area (Å²) in [6.07, 6.45) is -0.614. The molecule has 0 fully saturated rings. The van der Waals surface area contributed by atoms with Gasteiger partial charge in [-0.2, -0.15) is 13.2 Å². The summed E-state index contributed by atoms with van der Waals surface area (Å²) in [5.41, 5.74) is 0.571. The lowest BCUT2D eigenvalue weighted by Crippen LogP contribution is -2.28. The Balaban J connectivity index is 1.61. The summed E-state index contributed by atoms with van der Waals surface area (Å²) in [6, 6.07) is 10.9. The third-order valence-corrected chi connectivity index (χ3v) is 4.01. The zero-order valence-corrected chi connectivity index (χ0v) is 14.5. The average Bonchev–Trinajstić information content (AvgIpc) is 2.68. The molecule has 4 nitrogen and oxygen atoms in total. The maximum Gasteiger partial charge on any atom is 0.434 e. The smallest absolute Gasteiger partial charge is 0.352 e. The highest BCUT2D eigenvalue weighted by Gasteiger charge is 2.36. The number of nitrogens with one attached hydrogen (secondary N) is 1. The summed E-state index contributed by atoms with van der Waals surface area (Å²) in [6.45, 7) is 0.159. The third kappa shape index (κ3) is 4.70. The SMILES string of the molecule is O=C(NCCc1ccc(-c2cncc(F)c2)cc1)c1cccnc1C(F)(F)F. The fourth-order valence-corrected chi connectivity index (χ4v) is 2.66. The molecule has 1 aromatic carbocycles. The number of hydrogen-bond donors (Lipinski definition) is 1. The summed E-state index contributed by atoms with van der Waals surface area (Å²) >= 11 is 0. The lowest BCUT2D eigenvalue weighted by atomic mass is 10.0. The van der Waals surface area contributed by atoms with E-state index in [1.807, 2.05) is 0 Å². The number of aromatic nitrogens is 2. The minimum Gasteiger partial charge on any atom is -0.352 e. The molecule has 0 aliphatic carbocycles. The molecular weight excluding hydrogens is 374 g/mol. The zero-order valence-electron chi connectivity index (χ0n) is 14.5. The number of carbonyl (C=O) groups is 1. The van der Waals surface area contributed by atoms with Crippen LogP contribution in [0.5, 0.6) is 0 Å². The van der Waals surface area contributed by atoms with E-state index in [4.69, 9.17) is 0 Å². The molecule has 0 bridgehead atoms. The van der Waals surface area contributed by atoms with E-state index in [0.717, 1.165) is 29.6 Å². The molecule has 0 saturated carbocycles. The number of amides is 1. The van der Waals surface area contributed by atoms with Crippen LogP contribution >= 0.6 is 0 Å². The molecule has 0 atom stereocenters. The van der Waals surface area contributed by atoms with Crippen molar-refractivity contribution in [3.63, 3.8) is 0 Å². The van der Waals surface area contributed by atoms with Gasteiger partial charge >= 0.3 is 6.18 Å². The Bertz CT molecular complexity index is 972. The van der Waals surface area contributed by atoms with E-state index in [1.165, 1.54) is 12.1 Å². The number of pyridine rings is 2. The van der Waals surface area contributed by atoms with Crippen LogP contribution in [0.4, 0.5) is 17.6 Å². The van der Waals surface area contributed by atoms with Crippen molar-refractivity contribution in [3.8, 4) is 11.1 Å². The number of hydrogen-bond acceptors (Lipinski definition) is 3. The summed E-state index contributed by atoms with van der Waals surface area (Å²) in [5.74, 6) is -1.26. The highest BCUT2D eigenvalue weighted by atomic mass is 19.4. The van der Waals surface area contributed by atoms with Gasteiger partial charge in [-0.25, -0.2) is 4.39 Å². The molecular formula is C20H15F4N3O. The van der Waals surface area contributed by atoms with Crippen LogP contribution in [0.25, 0.3) is 11.1 Å². The number of halogens is 4. The fourth-order valence-electron chi connectivity index (χ4n) is 2.66. The molecule has 144 valence electrons. The summed E-state index contributed by atoms with van der Waals surface area (Å²) < 4.78 is 52.0. The molecule has 3 rings (SSSR count). The molecule has 8 heteroatoms. The van der Waals surface area contributed by atoms with Crippen LogP contribution in [0, 0.1) is 5.82 Å². The van der Waals surface area contributed by atoms with Crippen LogP contribution in [0.2, 0.25) is 0 Å². The molecule has 2 heterocycles. The Morgan fingerprint density at radius 3 is 2.46 bits per heavy atom. The number of benzene rings is 1. The van der Waals surface area contributed by atoms with Crippen molar-refractivity contribution >= 4 is 5.91 Å². The summed E-state index contributed by atoms with van der Waals surface area (Å²) in [5, 5.41) is 2.48. The van der Waals surface area contributed by atoms with Gasteiger partial charge in [0.25, 0.3) is 5.91 Å². The Kier molecular flexibility index (Phi) is 5.67. The third-order valence-electron chi connectivity index (χ3n) is 4.01. The summed E-state index contributed by atoms with van der Waals surface area (Å²) in [7, 11) is 0. The van der Waals surface area contributed by atoms with E-state index in [2.05, 4.69) is 15.3 Å². The first-order valence-electron chi connectivity index (χ1n) is 8.35. The topological polar surface area (TPSA) is 54.9 Å². The van der Waals surface area contributed by atoms with Crippen molar-refractivity contribution < 1.29 is 22.4 Å². The second-order valence-corrected chi connectivity index (χ2v) is 5.99. The standard InChI is InChI=1S/C20H15F4N3O/c21-16-10-15(11-25-12-16)14-5-3-13(4-6-14)7-9-27-19(28)17-2-1-8-26-18(17)20(22,23)24/h1-6,8,10-12H,7,9H2,(H,27,28). The van der Waals surface area contributed by atoms with Gasteiger partial charge in [0.2, 0.25) is 0 Å². The normalized spacial score (nSPS) is 11.3. The molecule has 1 amide bonds. The lowest BCUT2D eigenvalue weighted by molar-refractivity contribution is -0.141. The van der Waals surface area contributed by atoms with Crippen LogP contribution < -0.4 is 5.32 Å². The minimum atomic E-state index is -4.70. The molecule has 1 N–H and O–H groups in total. The molecule has 28 heavy (non-hydrogen) atoms. The number of alkyl halides is 3. The quantitative estimate of drug-likeness (QED) is 0.663. The summed E-state index contributed by atoms with van der Waals surface area (Å²) in [4.78, 5) is 19.1. The van der Waals surface area contributed by atoms with E-state index < -0.39 is 29.2 Å². The first kappa shape index (κ1) is 19.5. The van der Waals surface area contributed by atoms with Gasteiger partial charge < -0.3 is 5.32 Å². The Hall–Kier alpha value is -3.29. The lowest BCUT2D eigenvalue weighted by Gasteiger charge is -2.11. The Labute approximate surface area is 158 Å². The van der Waals surface area contributed by atoms with E-state index in [0.29, 0.717) is 12.0 Å². The van der Waals surface area contributed by atoms with Gasteiger partial charge in [-0.05, 0) is 35.7 Å². The van der Waals surface area contributed by atoms with Crippen LogP contribution in [0.1, 0.15) is 21.6 Å². The van der Waals surface area contributed by atoms with Gasteiger partial charge in [0.05, 0.1) is 11.8 Å². The molecule has 0 radical (unpaired) electrons. The maximum absolute atomic E-state index is 13.2. The molecule has 0 saturated heterocycles. The van der Waals surface area contributed by atoms with Crippen LogP contribution in [0.15, 0.2) is 61.1 Å². The first-order chi connectivity index (χ1) is 13.3. The molecule has 3 aromatic rings. The van der Waals surface area contributed by atoms with Gasteiger partial charge in [0, 0.05) is 24.5 Å². The van der Waals surface area contributed by atoms with Gasteiger partial charge in [0.15, 0.2) is 5.69 Å². The predicted octanol–water partition coefficient (Wildman–Crippen LogP) is 4.27. The van der Waals surface area contributed by atoms with Crippen molar-refractivity contribution in [1.29, 1.82) is 0 Å². The first-order valence-corrected chi connectivity index (χ1v) is 8.35. The van der Waals surface area contributed by atoms with E-state index in [-0.39, 0.29) is 6.54 Å². The van der Waals surface area contributed by atoms with Crippen molar-refractivity contribution in [2.75, 3.05) is 6.54 Å². The monoisotopic (exact) mass is 389 g/mol.